The number of carbonyl (C=O) groups is 4. The molecule has 0 aliphatic rings. The van der Waals surface area contributed by atoms with Crippen LogP contribution in [0, 0.1) is 13.8 Å². The second-order valence-corrected chi connectivity index (χ2v) is 6.16. The predicted octanol–water partition coefficient (Wildman–Crippen LogP) is 3.22. The van der Waals surface area contributed by atoms with Gasteiger partial charge in [-0.3, -0.25) is 14.4 Å². The Hall–Kier alpha value is -3.22. The van der Waals surface area contributed by atoms with Gasteiger partial charge in [0.1, 0.15) is 5.69 Å². The lowest BCUT2D eigenvalue weighted by Crippen LogP contribution is -2.15. The zero-order valence-electron chi connectivity index (χ0n) is 15.8. The number of rotatable bonds is 7. The number of anilines is 1. The third-order valence-electron chi connectivity index (χ3n) is 4.14. The van der Waals surface area contributed by atoms with Crippen LogP contribution in [0.2, 0.25) is 0 Å². The molecule has 0 bridgehead atoms. The molecule has 0 unspecified atom stereocenters. The molecule has 0 fully saturated rings. The summed E-state index contributed by atoms with van der Waals surface area (Å²) in [7, 11) is 0. The van der Waals surface area contributed by atoms with E-state index in [9.17, 15) is 19.2 Å². The maximum Gasteiger partial charge on any atom is 0.355 e. The quantitative estimate of drug-likeness (QED) is 0.575. The van der Waals surface area contributed by atoms with Gasteiger partial charge in [-0.25, -0.2) is 4.79 Å². The monoisotopic (exact) mass is 370 g/mol. The van der Waals surface area contributed by atoms with E-state index in [-0.39, 0.29) is 23.2 Å². The number of ether oxygens (including phenoxy) is 1. The number of H-pyrrole nitrogens is 1. The molecule has 2 aromatic rings. The summed E-state index contributed by atoms with van der Waals surface area (Å²) in [6.07, 6.45) is 0.361. The Kier molecular flexibility index (Phi) is 6.28. The summed E-state index contributed by atoms with van der Waals surface area (Å²) in [5, 5.41) is 2.69. The van der Waals surface area contributed by atoms with Crippen LogP contribution in [-0.4, -0.2) is 35.0 Å². The number of carbonyl (C=O) groups excluding carboxylic acids is 4. The van der Waals surface area contributed by atoms with Crippen LogP contribution in [0.3, 0.4) is 0 Å². The summed E-state index contributed by atoms with van der Waals surface area (Å²) in [6, 6.07) is 6.33. The average molecular weight is 370 g/mol. The van der Waals surface area contributed by atoms with Crippen LogP contribution < -0.4 is 5.32 Å². The molecule has 0 radical (unpaired) electrons. The van der Waals surface area contributed by atoms with Gasteiger partial charge < -0.3 is 15.0 Å². The van der Waals surface area contributed by atoms with E-state index in [2.05, 4.69) is 10.3 Å². The van der Waals surface area contributed by atoms with Crippen molar-refractivity contribution in [2.24, 2.45) is 0 Å². The zero-order chi connectivity index (χ0) is 20.1. The minimum Gasteiger partial charge on any atom is -0.453 e. The molecule has 1 heterocycles. The highest BCUT2D eigenvalue weighted by molar-refractivity contribution is 6.02. The van der Waals surface area contributed by atoms with Gasteiger partial charge in [0.15, 0.2) is 18.2 Å². The van der Waals surface area contributed by atoms with Crippen LogP contribution >= 0.6 is 0 Å². The zero-order valence-corrected chi connectivity index (χ0v) is 15.8. The SMILES string of the molecule is CCC(=O)Nc1ccc(C(=O)COC(=O)c2[nH]c(C)c(C(C)=O)c2C)cc1. The van der Waals surface area contributed by atoms with E-state index in [0.29, 0.717) is 34.5 Å². The molecule has 0 aliphatic carbocycles. The van der Waals surface area contributed by atoms with E-state index in [1.165, 1.54) is 6.92 Å². The number of nitrogens with one attached hydrogen (secondary N) is 2. The number of aromatic nitrogens is 1. The van der Waals surface area contributed by atoms with Gasteiger partial charge in [-0.2, -0.15) is 0 Å². The summed E-state index contributed by atoms with van der Waals surface area (Å²) in [5.74, 6) is -1.33. The van der Waals surface area contributed by atoms with Crippen molar-refractivity contribution in [2.75, 3.05) is 11.9 Å². The standard InChI is InChI=1S/C20H22N2O5/c1-5-17(25)22-15-8-6-14(7-9-15)16(24)10-27-20(26)19-11(2)18(13(4)23)12(3)21-19/h6-9,21H,5,10H2,1-4H3,(H,22,25). The first-order valence-corrected chi connectivity index (χ1v) is 8.54. The number of amides is 1. The van der Waals surface area contributed by atoms with Crippen LogP contribution in [-0.2, 0) is 9.53 Å². The largest absolute Gasteiger partial charge is 0.453 e. The molecule has 0 spiro atoms. The highest BCUT2D eigenvalue weighted by atomic mass is 16.5. The number of hydrogen-bond donors (Lipinski definition) is 2. The second kappa shape index (κ2) is 8.44. The summed E-state index contributed by atoms with van der Waals surface area (Å²) < 4.78 is 5.08. The molecular formula is C20H22N2O5. The molecule has 2 N–H and O–H groups in total. The molecule has 1 amide bonds. The highest BCUT2D eigenvalue weighted by Gasteiger charge is 2.21. The fourth-order valence-electron chi connectivity index (χ4n) is 2.76. The lowest BCUT2D eigenvalue weighted by molar-refractivity contribution is -0.115. The summed E-state index contributed by atoms with van der Waals surface area (Å²) in [4.78, 5) is 50.3. The first kappa shape index (κ1) is 20.1. The predicted molar refractivity (Wildman–Crippen MR) is 100 cm³/mol. The molecule has 0 aliphatic heterocycles. The topological polar surface area (TPSA) is 105 Å². The van der Waals surface area contributed by atoms with Crippen molar-refractivity contribution < 1.29 is 23.9 Å². The Balaban J connectivity index is 2.01. The van der Waals surface area contributed by atoms with Gasteiger partial charge in [0.2, 0.25) is 5.91 Å². The molecule has 27 heavy (non-hydrogen) atoms. The van der Waals surface area contributed by atoms with Gasteiger partial charge in [0.05, 0.1) is 0 Å². The van der Waals surface area contributed by atoms with E-state index < -0.39 is 12.6 Å². The van der Waals surface area contributed by atoms with E-state index >= 15 is 0 Å². The van der Waals surface area contributed by atoms with Crippen molar-refractivity contribution in [1.82, 2.24) is 4.98 Å². The van der Waals surface area contributed by atoms with Crippen LogP contribution in [0.25, 0.3) is 0 Å². The van der Waals surface area contributed by atoms with Crippen molar-refractivity contribution >= 4 is 29.1 Å². The Morgan fingerprint density at radius 2 is 1.70 bits per heavy atom. The van der Waals surface area contributed by atoms with Gasteiger partial charge in [0.25, 0.3) is 0 Å². The fourth-order valence-corrected chi connectivity index (χ4v) is 2.76. The molecular weight excluding hydrogens is 348 g/mol. The average Bonchev–Trinajstić information content (AvgIpc) is 2.94. The molecule has 7 nitrogen and oxygen atoms in total. The Labute approximate surface area is 157 Å². The molecule has 1 aromatic carbocycles. The first-order chi connectivity index (χ1) is 12.7. The van der Waals surface area contributed by atoms with Crippen LogP contribution in [0.1, 0.15) is 62.7 Å². The lowest BCUT2D eigenvalue weighted by atomic mass is 10.1. The van der Waals surface area contributed by atoms with Crippen LogP contribution in [0.15, 0.2) is 24.3 Å². The maximum absolute atomic E-state index is 12.2. The van der Waals surface area contributed by atoms with Gasteiger partial charge in [-0.05, 0) is 50.6 Å². The van der Waals surface area contributed by atoms with Gasteiger partial charge in [-0.1, -0.05) is 6.92 Å². The third-order valence-corrected chi connectivity index (χ3v) is 4.14. The number of hydrogen-bond acceptors (Lipinski definition) is 5. The molecule has 0 saturated carbocycles. The van der Waals surface area contributed by atoms with E-state index in [4.69, 9.17) is 4.74 Å². The van der Waals surface area contributed by atoms with Crippen molar-refractivity contribution in [3.8, 4) is 0 Å². The Morgan fingerprint density at radius 3 is 2.22 bits per heavy atom. The summed E-state index contributed by atoms with van der Waals surface area (Å²) in [5.41, 5.74) is 2.67. The number of ketones is 2. The van der Waals surface area contributed by atoms with E-state index in [0.717, 1.165) is 0 Å². The third kappa shape index (κ3) is 4.69. The summed E-state index contributed by atoms with van der Waals surface area (Å²) >= 11 is 0. The van der Waals surface area contributed by atoms with Gasteiger partial charge in [-0.15, -0.1) is 0 Å². The van der Waals surface area contributed by atoms with Gasteiger partial charge >= 0.3 is 5.97 Å². The molecule has 2 rings (SSSR count). The van der Waals surface area contributed by atoms with E-state index in [1.807, 2.05) is 0 Å². The number of esters is 1. The van der Waals surface area contributed by atoms with Gasteiger partial charge in [0, 0.05) is 28.9 Å². The highest BCUT2D eigenvalue weighted by Crippen LogP contribution is 2.19. The maximum atomic E-state index is 12.2. The number of aryl methyl sites for hydroxylation is 1. The van der Waals surface area contributed by atoms with Crippen molar-refractivity contribution in [1.29, 1.82) is 0 Å². The molecule has 7 heteroatoms. The van der Waals surface area contributed by atoms with Crippen LogP contribution in [0.4, 0.5) is 5.69 Å². The summed E-state index contributed by atoms with van der Waals surface area (Å²) in [6.45, 7) is 6.10. The van der Waals surface area contributed by atoms with Crippen molar-refractivity contribution in [3.63, 3.8) is 0 Å². The van der Waals surface area contributed by atoms with E-state index in [1.54, 1.807) is 45.0 Å². The fraction of sp³-hybridized carbons (Fsp3) is 0.300. The molecule has 0 atom stereocenters. The number of Topliss-reactive ketones (excluding diaryl/α,β-unsaturated/α-hetero) is 2. The van der Waals surface area contributed by atoms with Crippen molar-refractivity contribution in [2.45, 2.75) is 34.1 Å². The Morgan fingerprint density at radius 1 is 1.07 bits per heavy atom. The molecule has 142 valence electrons. The normalized spacial score (nSPS) is 10.4. The first-order valence-electron chi connectivity index (χ1n) is 8.54. The second-order valence-electron chi connectivity index (χ2n) is 6.16. The lowest BCUT2D eigenvalue weighted by Gasteiger charge is -2.06. The van der Waals surface area contributed by atoms with Crippen molar-refractivity contribution in [3.05, 3.63) is 52.3 Å². The minimum atomic E-state index is -0.691. The molecule has 1 aromatic heterocycles. The van der Waals surface area contributed by atoms with Crippen LogP contribution in [0.5, 0.6) is 0 Å². The smallest absolute Gasteiger partial charge is 0.355 e. The number of aromatic amines is 1. The number of benzene rings is 1. The Bertz CT molecular complexity index is 894. The molecule has 0 saturated heterocycles. The minimum absolute atomic E-state index is 0.121.